The summed E-state index contributed by atoms with van der Waals surface area (Å²) in [7, 11) is 1.48. The van der Waals surface area contributed by atoms with Gasteiger partial charge in [0.15, 0.2) is 0 Å². The van der Waals surface area contributed by atoms with Gasteiger partial charge in [-0.25, -0.2) is 0 Å². The smallest absolute Gasteiger partial charge is 0.238 e. The number of carbonyl (C=O) groups excluding carboxylic acids is 4. The predicted octanol–water partition coefficient (Wildman–Crippen LogP) is 3.56. The van der Waals surface area contributed by atoms with Gasteiger partial charge in [0, 0.05) is 18.9 Å². The number of nitrogens with zero attached hydrogens (tertiary/aromatic N) is 2. The molecule has 2 heterocycles. The van der Waals surface area contributed by atoms with Crippen molar-refractivity contribution in [2.45, 2.75) is 20.8 Å². The molecule has 4 amide bonds. The van der Waals surface area contributed by atoms with Gasteiger partial charge in [-0.1, -0.05) is 29.8 Å². The van der Waals surface area contributed by atoms with Crippen molar-refractivity contribution < 1.29 is 23.9 Å². The second-order valence-corrected chi connectivity index (χ2v) is 10.2. The van der Waals surface area contributed by atoms with Crippen molar-refractivity contribution in [3.8, 4) is 11.5 Å². The molecule has 0 spiro atoms. The Balaban J connectivity index is 1.31. The van der Waals surface area contributed by atoms with Gasteiger partial charge in [-0.3, -0.25) is 29.0 Å². The summed E-state index contributed by atoms with van der Waals surface area (Å²) < 4.78 is 6.11. The first-order valence-electron chi connectivity index (χ1n) is 11.9. The van der Waals surface area contributed by atoms with Crippen molar-refractivity contribution in [3.63, 3.8) is 0 Å². The van der Waals surface area contributed by atoms with Gasteiger partial charge in [-0.05, 0) is 56.2 Å². The molecule has 0 aromatic heterocycles. The lowest BCUT2D eigenvalue weighted by Crippen LogP contribution is -2.50. The first-order valence-corrected chi connectivity index (χ1v) is 11.9. The molecule has 3 aliphatic carbocycles. The van der Waals surface area contributed by atoms with Crippen LogP contribution in [-0.2, 0) is 19.2 Å². The van der Waals surface area contributed by atoms with E-state index in [9.17, 15) is 19.2 Å². The molecule has 1 saturated carbocycles. The van der Waals surface area contributed by atoms with E-state index in [4.69, 9.17) is 4.74 Å². The molecule has 35 heavy (non-hydrogen) atoms. The minimum atomic E-state index is -0.617. The van der Waals surface area contributed by atoms with Crippen LogP contribution in [-0.4, -0.2) is 35.6 Å². The summed E-state index contributed by atoms with van der Waals surface area (Å²) in [6, 6.07) is 11.2. The molecule has 178 valence electrons. The third kappa shape index (κ3) is 2.90. The van der Waals surface area contributed by atoms with Crippen molar-refractivity contribution in [2.75, 3.05) is 11.9 Å². The number of amides is 4. The highest BCUT2D eigenvalue weighted by molar-refractivity contribution is 6.23. The van der Waals surface area contributed by atoms with Gasteiger partial charge in [0.05, 0.1) is 29.4 Å². The Morgan fingerprint density at radius 3 is 1.66 bits per heavy atom. The summed E-state index contributed by atoms with van der Waals surface area (Å²) in [5.41, 5.74) is 3.45. The van der Waals surface area contributed by atoms with Crippen LogP contribution in [0, 0.1) is 56.3 Å². The molecule has 0 N–H and O–H groups in total. The molecule has 3 fully saturated rings. The molecule has 6 unspecified atom stereocenters. The van der Waals surface area contributed by atoms with Crippen LogP contribution in [0.1, 0.15) is 16.7 Å². The fourth-order valence-electron chi connectivity index (χ4n) is 6.55. The maximum Gasteiger partial charge on any atom is 0.238 e. The van der Waals surface area contributed by atoms with E-state index in [0.29, 0.717) is 11.4 Å². The molecule has 5 aliphatic rings. The molecule has 7 nitrogen and oxygen atoms in total. The largest absolute Gasteiger partial charge is 0.457 e. The average molecular weight is 471 g/mol. The molecule has 2 bridgehead atoms. The summed E-state index contributed by atoms with van der Waals surface area (Å²) in [6.07, 6.45) is 3.75. The van der Waals surface area contributed by atoms with Crippen LogP contribution in [0.4, 0.5) is 5.69 Å². The van der Waals surface area contributed by atoms with Crippen molar-refractivity contribution in [3.05, 3.63) is 65.2 Å². The van der Waals surface area contributed by atoms with Crippen molar-refractivity contribution in [1.82, 2.24) is 4.90 Å². The lowest BCUT2D eigenvalue weighted by atomic mass is 9.54. The van der Waals surface area contributed by atoms with Crippen LogP contribution < -0.4 is 9.64 Å². The Morgan fingerprint density at radius 1 is 0.657 bits per heavy atom. The molecule has 7 rings (SSSR count). The lowest BCUT2D eigenvalue weighted by Gasteiger charge is -2.44. The zero-order valence-corrected chi connectivity index (χ0v) is 20.0. The average Bonchev–Trinajstić information content (AvgIpc) is 3.24. The summed E-state index contributed by atoms with van der Waals surface area (Å²) in [5.74, 6) is -2.93. The first kappa shape index (κ1) is 21.8. The quantitative estimate of drug-likeness (QED) is 0.506. The molecule has 2 aliphatic heterocycles. The number of rotatable bonds is 3. The molecule has 6 atom stereocenters. The SMILES string of the molecule is Cc1ccc(Oc2ccc(N3C(=O)C4C5C=CC(C6C(=O)N(C)C(=O)C56)C4C3=O)cc2C)c(C)c1. The van der Waals surface area contributed by atoms with Crippen molar-refractivity contribution >= 4 is 29.3 Å². The summed E-state index contributed by atoms with van der Waals surface area (Å²) in [6.45, 7) is 5.89. The second kappa shape index (κ2) is 7.38. The Kier molecular flexibility index (Phi) is 4.59. The fraction of sp³-hybridized carbons (Fsp3) is 0.357. The Bertz CT molecular complexity index is 1310. The molecule has 2 aromatic rings. The Hall–Kier alpha value is -3.74. The number of anilines is 1. The van der Waals surface area contributed by atoms with Gasteiger partial charge in [-0.15, -0.1) is 0 Å². The minimum Gasteiger partial charge on any atom is -0.457 e. The molecule has 2 aromatic carbocycles. The minimum absolute atomic E-state index is 0.250. The summed E-state index contributed by atoms with van der Waals surface area (Å²) in [5, 5.41) is 0. The van der Waals surface area contributed by atoms with Crippen molar-refractivity contribution in [1.29, 1.82) is 0 Å². The second-order valence-electron chi connectivity index (χ2n) is 10.2. The number of hydrogen-bond acceptors (Lipinski definition) is 5. The number of ether oxygens (including phenoxy) is 1. The molecular formula is C28H26N2O5. The number of aryl methyl sites for hydroxylation is 3. The van der Waals surface area contributed by atoms with Crippen LogP contribution in [0.25, 0.3) is 0 Å². The lowest BCUT2D eigenvalue weighted by molar-refractivity contribution is -0.138. The maximum absolute atomic E-state index is 13.6. The van der Waals surface area contributed by atoms with E-state index in [2.05, 4.69) is 0 Å². The molecule has 7 heteroatoms. The van der Waals surface area contributed by atoms with Crippen LogP contribution in [0.3, 0.4) is 0 Å². The number of likely N-dealkylation sites (tertiary alicyclic amines) is 1. The van der Waals surface area contributed by atoms with Crippen LogP contribution in [0.2, 0.25) is 0 Å². The third-order valence-electron chi connectivity index (χ3n) is 8.20. The highest BCUT2D eigenvalue weighted by Gasteiger charge is 2.68. The van der Waals surface area contributed by atoms with E-state index in [1.165, 1.54) is 11.9 Å². The summed E-state index contributed by atoms with van der Waals surface area (Å²) in [4.78, 5) is 55.2. The topological polar surface area (TPSA) is 84.0 Å². The highest BCUT2D eigenvalue weighted by atomic mass is 16.5. The number of carbonyl (C=O) groups is 4. The predicted molar refractivity (Wildman–Crippen MR) is 128 cm³/mol. The molecule has 0 radical (unpaired) electrons. The van der Waals surface area contributed by atoms with Crippen LogP contribution >= 0.6 is 0 Å². The van der Waals surface area contributed by atoms with E-state index in [-0.39, 0.29) is 23.6 Å². The van der Waals surface area contributed by atoms with Crippen molar-refractivity contribution in [2.24, 2.45) is 35.5 Å². The zero-order valence-electron chi connectivity index (χ0n) is 20.0. The van der Waals surface area contributed by atoms with E-state index in [1.807, 2.05) is 51.1 Å². The van der Waals surface area contributed by atoms with E-state index in [1.54, 1.807) is 18.2 Å². The van der Waals surface area contributed by atoms with E-state index >= 15 is 0 Å². The van der Waals surface area contributed by atoms with Gasteiger partial charge in [0.2, 0.25) is 23.6 Å². The summed E-state index contributed by atoms with van der Waals surface area (Å²) >= 11 is 0. The normalized spacial score (nSPS) is 30.9. The number of allylic oxidation sites excluding steroid dienone is 2. The number of benzene rings is 2. The number of imide groups is 2. The maximum atomic E-state index is 13.6. The molecular weight excluding hydrogens is 444 g/mol. The first-order chi connectivity index (χ1) is 16.7. The number of hydrogen-bond donors (Lipinski definition) is 0. The Labute approximate surface area is 203 Å². The third-order valence-corrected chi connectivity index (χ3v) is 8.20. The zero-order chi connectivity index (χ0) is 24.8. The fourth-order valence-corrected chi connectivity index (χ4v) is 6.55. The highest BCUT2D eigenvalue weighted by Crippen LogP contribution is 2.58. The van der Waals surface area contributed by atoms with Gasteiger partial charge in [0.1, 0.15) is 11.5 Å². The Morgan fingerprint density at radius 2 is 1.14 bits per heavy atom. The van der Waals surface area contributed by atoms with Gasteiger partial charge < -0.3 is 4.74 Å². The standard InChI is InChI=1S/C28H26N2O5/c1-13-5-9-19(14(2)11-13)35-20-10-6-16(12-15(20)3)30-27(33)23-17-7-8-18(24(23)28(30)34)22-21(17)25(31)29(4)26(22)32/h5-12,17-18,21-24H,1-4H3. The van der Waals surface area contributed by atoms with Crippen LogP contribution in [0.15, 0.2) is 48.6 Å². The van der Waals surface area contributed by atoms with Gasteiger partial charge in [-0.2, -0.15) is 0 Å². The van der Waals surface area contributed by atoms with E-state index < -0.39 is 35.5 Å². The van der Waals surface area contributed by atoms with Crippen LogP contribution in [0.5, 0.6) is 11.5 Å². The van der Waals surface area contributed by atoms with Gasteiger partial charge in [0.25, 0.3) is 0 Å². The van der Waals surface area contributed by atoms with E-state index in [0.717, 1.165) is 27.3 Å². The molecule has 2 saturated heterocycles. The monoisotopic (exact) mass is 470 g/mol. The van der Waals surface area contributed by atoms with Gasteiger partial charge >= 0.3 is 0 Å².